The Balaban J connectivity index is 1.44. The van der Waals surface area contributed by atoms with E-state index >= 15 is 0 Å². The second-order valence-corrected chi connectivity index (χ2v) is 8.17. The number of ether oxygens (including phenoxy) is 1. The lowest BCUT2D eigenvalue weighted by Crippen LogP contribution is -2.31. The van der Waals surface area contributed by atoms with Crippen molar-refractivity contribution in [2.75, 3.05) is 33.0 Å². The fraction of sp³-hybridized carbons (Fsp3) is 0.400. The number of nitrogens with one attached hydrogen (secondary N) is 1. The van der Waals surface area contributed by atoms with Gasteiger partial charge in [-0.15, -0.1) is 0 Å². The van der Waals surface area contributed by atoms with Gasteiger partial charge in [0.15, 0.2) is 0 Å². The molecule has 0 spiro atoms. The molecule has 1 aromatic carbocycles. The summed E-state index contributed by atoms with van der Waals surface area (Å²) in [6, 6.07) is 8.03. The quantitative estimate of drug-likeness (QED) is 0.368. The zero-order chi connectivity index (χ0) is 23.8. The molecule has 2 aromatic rings. The molecule has 1 fully saturated rings. The van der Waals surface area contributed by atoms with E-state index in [2.05, 4.69) is 32.2 Å². The Kier molecular flexibility index (Phi) is 8.07. The third kappa shape index (κ3) is 6.10. The van der Waals surface area contributed by atoms with Crippen LogP contribution in [0.5, 0.6) is 0 Å². The Morgan fingerprint density at radius 2 is 1.91 bits per heavy atom. The van der Waals surface area contributed by atoms with Crippen LogP contribution in [0, 0.1) is 11.8 Å². The molecule has 1 saturated heterocycles. The molecule has 4 rings (SSSR count). The maximum atomic E-state index is 12.6. The molecule has 8 nitrogen and oxygen atoms in total. The summed E-state index contributed by atoms with van der Waals surface area (Å²) in [6.45, 7) is 1.68. The van der Waals surface area contributed by atoms with Crippen molar-refractivity contribution in [1.29, 1.82) is 0 Å². The number of Topliss-reactive ketones (excluding diaryl/α,β-unsaturated/α-hetero) is 1. The zero-order valence-electron chi connectivity index (χ0n) is 18.7. The largest absolute Gasteiger partial charge is 0.381 e. The van der Waals surface area contributed by atoms with Gasteiger partial charge in [-0.1, -0.05) is 24.0 Å². The first kappa shape index (κ1) is 23.7. The molecule has 176 valence electrons. The summed E-state index contributed by atoms with van der Waals surface area (Å²) >= 11 is 0. The molecular weight excluding hydrogens is 437 g/mol. The van der Waals surface area contributed by atoms with Gasteiger partial charge in [-0.3, -0.25) is 14.3 Å². The topological polar surface area (TPSA) is 97.9 Å². The Morgan fingerprint density at radius 1 is 1.15 bits per heavy atom. The minimum absolute atomic E-state index is 0.159. The van der Waals surface area contributed by atoms with E-state index in [9.17, 15) is 14.0 Å². The van der Waals surface area contributed by atoms with Crippen molar-refractivity contribution in [2.24, 2.45) is 9.98 Å². The second-order valence-electron chi connectivity index (χ2n) is 8.17. The lowest BCUT2D eigenvalue weighted by molar-refractivity contribution is -0.132. The zero-order valence-corrected chi connectivity index (χ0v) is 18.7. The highest BCUT2D eigenvalue weighted by Crippen LogP contribution is 2.22. The van der Waals surface area contributed by atoms with Crippen molar-refractivity contribution in [3.8, 4) is 11.8 Å². The Labute approximate surface area is 197 Å². The number of hydrogen-bond donors (Lipinski definition) is 1. The highest BCUT2D eigenvalue weighted by atomic mass is 19.1. The van der Waals surface area contributed by atoms with E-state index in [0.717, 1.165) is 49.1 Å². The summed E-state index contributed by atoms with van der Waals surface area (Å²) in [4.78, 5) is 31.1. The monoisotopic (exact) mass is 463 g/mol. The molecule has 1 N–H and O–H groups in total. The summed E-state index contributed by atoms with van der Waals surface area (Å²) in [6.07, 6.45) is 7.01. The Bertz CT molecular complexity index is 1140. The van der Waals surface area contributed by atoms with E-state index in [1.807, 2.05) is 35.1 Å². The molecule has 1 atom stereocenters. The first-order chi connectivity index (χ1) is 16.6. The van der Waals surface area contributed by atoms with Crippen molar-refractivity contribution in [3.63, 3.8) is 0 Å². The minimum Gasteiger partial charge on any atom is -0.381 e. The number of rotatable bonds is 8. The van der Waals surface area contributed by atoms with Gasteiger partial charge in [-0.2, -0.15) is 10.1 Å². The summed E-state index contributed by atoms with van der Waals surface area (Å²) < 4.78 is 19.9. The summed E-state index contributed by atoms with van der Waals surface area (Å²) in [5, 5.41) is 7.48. The van der Waals surface area contributed by atoms with Crippen LogP contribution in [0.4, 0.5) is 4.39 Å². The molecule has 34 heavy (non-hydrogen) atoms. The first-order valence-corrected chi connectivity index (χ1v) is 11.3. The number of ketones is 1. The van der Waals surface area contributed by atoms with Crippen molar-refractivity contribution in [1.82, 2.24) is 15.1 Å². The van der Waals surface area contributed by atoms with Crippen LogP contribution in [0.1, 0.15) is 47.9 Å². The lowest BCUT2D eigenvalue weighted by atomic mass is 9.91. The average molecular weight is 464 g/mol. The van der Waals surface area contributed by atoms with Crippen LogP contribution >= 0.6 is 0 Å². The predicted octanol–water partition coefficient (Wildman–Crippen LogP) is 2.25. The number of halogens is 1. The van der Waals surface area contributed by atoms with Crippen molar-refractivity contribution < 1.29 is 18.7 Å². The van der Waals surface area contributed by atoms with Crippen LogP contribution in [0.3, 0.4) is 0 Å². The van der Waals surface area contributed by atoms with E-state index in [-0.39, 0.29) is 24.6 Å². The fourth-order valence-electron chi connectivity index (χ4n) is 3.96. The van der Waals surface area contributed by atoms with Crippen molar-refractivity contribution in [2.45, 2.75) is 31.2 Å². The standard InChI is InChI=1S/C25H26FN5O3/c26-9-10-27-15-21(13-23-24(32)25(33)29-17-28-23)20-5-3-18(4-6-20)1-2-19-14-30-31(16-19)22-7-11-34-12-8-22/h3-6,14,16-17,21-22,27H,7-13,15H2. The third-order valence-corrected chi connectivity index (χ3v) is 5.85. The molecule has 0 aliphatic carbocycles. The maximum Gasteiger partial charge on any atom is 0.320 e. The normalized spacial score (nSPS) is 17.3. The molecule has 1 aromatic heterocycles. The molecule has 1 unspecified atom stereocenters. The average Bonchev–Trinajstić information content (AvgIpc) is 3.35. The lowest BCUT2D eigenvalue weighted by Gasteiger charge is -2.22. The SMILES string of the molecule is O=C1N=CN=C(CC(CNCCF)c2ccc(C#Cc3cnn(C4CCOCC4)c3)cc2)C1=O. The number of nitrogens with zero attached hydrogens (tertiary/aromatic N) is 4. The number of hydrogen-bond acceptors (Lipinski definition) is 6. The molecule has 2 aliphatic rings. The predicted molar refractivity (Wildman–Crippen MR) is 126 cm³/mol. The molecule has 0 saturated carbocycles. The van der Waals surface area contributed by atoms with E-state index < -0.39 is 18.4 Å². The molecular formula is C25H26FN5O3. The third-order valence-electron chi connectivity index (χ3n) is 5.85. The summed E-state index contributed by atoms with van der Waals surface area (Å²) in [5.74, 6) is 4.64. The Hall–Kier alpha value is -3.48. The Morgan fingerprint density at radius 3 is 2.68 bits per heavy atom. The number of benzene rings is 1. The van der Waals surface area contributed by atoms with Gasteiger partial charge in [0.2, 0.25) is 0 Å². The van der Waals surface area contributed by atoms with Crippen LogP contribution in [-0.4, -0.2) is 66.5 Å². The molecule has 3 heterocycles. The summed E-state index contributed by atoms with van der Waals surface area (Å²) in [5.41, 5.74) is 2.79. The molecule has 2 aliphatic heterocycles. The molecule has 0 bridgehead atoms. The maximum absolute atomic E-state index is 12.6. The highest BCUT2D eigenvalue weighted by Gasteiger charge is 2.26. The van der Waals surface area contributed by atoms with Gasteiger partial charge < -0.3 is 10.1 Å². The number of carbonyl (C=O) groups is 2. The van der Waals surface area contributed by atoms with Gasteiger partial charge in [0.1, 0.15) is 13.0 Å². The van der Waals surface area contributed by atoms with Crippen LogP contribution < -0.4 is 5.32 Å². The van der Waals surface area contributed by atoms with Crippen LogP contribution in [0.25, 0.3) is 0 Å². The van der Waals surface area contributed by atoms with Crippen molar-refractivity contribution in [3.05, 3.63) is 53.3 Å². The van der Waals surface area contributed by atoms with Gasteiger partial charge in [0, 0.05) is 50.4 Å². The van der Waals surface area contributed by atoms with Gasteiger partial charge in [0.25, 0.3) is 5.78 Å². The van der Waals surface area contributed by atoms with Gasteiger partial charge in [-0.05, 0) is 30.5 Å². The van der Waals surface area contributed by atoms with E-state index in [0.29, 0.717) is 12.6 Å². The molecule has 9 heteroatoms. The number of carbonyl (C=O) groups excluding carboxylic acids is 2. The molecule has 1 amide bonds. The number of alkyl halides is 1. The summed E-state index contributed by atoms with van der Waals surface area (Å²) in [7, 11) is 0. The van der Waals surface area contributed by atoms with Crippen molar-refractivity contribution >= 4 is 23.7 Å². The van der Waals surface area contributed by atoms with Crippen LogP contribution in [0.2, 0.25) is 0 Å². The number of aromatic nitrogens is 2. The van der Waals surface area contributed by atoms with Gasteiger partial charge >= 0.3 is 5.91 Å². The van der Waals surface area contributed by atoms with Gasteiger partial charge in [-0.25, -0.2) is 9.38 Å². The number of aliphatic imine (C=N–C) groups is 2. The smallest absolute Gasteiger partial charge is 0.320 e. The van der Waals surface area contributed by atoms with E-state index in [4.69, 9.17) is 4.74 Å². The van der Waals surface area contributed by atoms with Crippen LogP contribution in [-0.2, 0) is 14.3 Å². The van der Waals surface area contributed by atoms with E-state index in [1.54, 1.807) is 6.20 Å². The van der Waals surface area contributed by atoms with Gasteiger partial charge in [0.05, 0.1) is 23.5 Å². The minimum atomic E-state index is -0.814. The first-order valence-electron chi connectivity index (χ1n) is 11.3. The molecule has 0 radical (unpaired) electrons. The second kappa shape index (κ2) is 11.6. The van der Waals surface area contributed by atoms with E-state index in [1.165, 1.54) is 0 Å². The fourth-order valence-corrected chi connectivity index (χ4v) is 3.96. The van der Waals surface area contributed by atoms with Crippen LogP contribution in [0.15, 0.2) is 46.6 Å². The highest BCUT2D eigenvalue weighted by molar-refractivity contribution is 6.66. The number of amides is 1.